The van der Waals surface area contributed by atoms with Crippen LogP contribution in [-0.2, 0) is 11.2 Å². The Kier molecular flexibility index (Phi) is 5.65. The largest absolute Gasteiger partial charge is 0.338 e. The van der Waals surface area contributed by atoms with Crippen molar-refractivity contribution in [1.29, 1.82) is 0 Å². The number of carbonyl (C=O) groups excluding carboxylic acids is 2. The van der Waals surface area contributed by atoms with Crippen LogP contribution in [0.1, 0.15) is 34.7 Å². The average molecular weight is 365 g/mol. The highest BCUT2D eigenvalue weighted by molar-refractivity contribution is 7.10. The van der Waals surface area contributed by atoms with E-state index in [4.69, 9.17) is 0 Å². The number of thiophene rings is 2. The van der Waals surface area contributed by atoms with Gasteiger partial charge in [-0.3, -0.25) is 10.1 Å². The Morgan fingerprint density at radius 3 is 2.92 bits per heavy atom. The van der Waals surface area contributed by atoms with Crippen molar-refractivity contribution in [3.8, 4) is 0 Å². The van der Waals surface area contributed by atoms with Gasteiger partial charge >= 0.3 is 6.03 Å². The Morgan fingerprint density at radius 1 is 1.29 bits per heavy atom. The van der Waals surface area contributed by atoms with Crippen molar-refractivity contribution >= 4 is 34.6 Å². The van der Waals surface area contributed by atoms with Crippen LogP contribution < -0.4 is 15.5 Å². The van der Waals surface area contributed by atoms with Crippen molar-refractivity contribution in [3.05, 3.63) is 44.3 Å². The minimum absolute atomic E-state index is 0.185. The highest BCUT2D eigenvalue weighted by Crippen LogP contribution is 2.31. The number of quaternary nitrogens is 1. The third-order valence-electron chi connectivity index (χ3n) is 4.18. The molecule has 0 spiro atoms. The van der Waals surface area contributed by atoms with Gasteiger partial charge in [0.05, 0.1) is 11.4 Å². The molecule has 24 heavy (non-hydrogen) atoms. The van der Waals surface area contributed by atoms with E-state index in [0.717, 1.165) is 19.4 Å². The predicted molar refractivity (Wildman–Crippen MR) is 96.7 cm³/mol. The van der Waals surface area contributed by atoms with E-state index in [1.807, 2.05) is 6.92 Å². The lowest BCUT2D eigenvalue weighted by Gasteiger charge is -2.31. The van der Waals surface area contributed by atoms with Crippen LogP contribution in [0.2, 0.25) is 0 Å². The highest BCUT2D eigenvalue weighted by Gasteiger charge is 2.35. The number of imide groups is 1. The topological polar surface area (TPSA) is 62.6 Å². The Bertz CT molecular complexity index is 697. The molecule has 0 bridgehead atoms. The van der Waals surface area contributed by atoms with Crippen LogP contribution >= 0.6 is 22.7 Å². The fourth-order valence-electron chi connectivity index (χ4n) is 3.11. The summed E-state index contributed by atoms with van der Waals surface area (Å²) in [6, 6.07) is 6.14. The van der Waals surface area contributed by atoms with Crippen LogP contribution in [0.5, 0.6) is 0 Å². The van der Waals surface area contributed by atoms with Crippen LogP contribution in [0, 0.1) is 0 Å². The van der Waals surface area contributed by atoms with Gasteiger partial charge in [0.1, 0.15) is 6.04 Å². The lowest BCUT2D eigenvalue weighted by molar-refractivity contribution is -0.919. The van der Waals surface area contributed by atoms with Gasteiger partial charge in [0, 0.05) is 23.4 Å². The molecule has 1 unspecified atom stereocenters. The van der Waals surface area contributed by atoms with Crippen LogP contribution in [0.15, 0.2) is 29.0 Å². The molecule has 5 nitrogen and oxygen atoms in total. The van der Waals surface area contributed by atoms with Gasteiger partial charge in [-0.2, -0.15) is 0 Å². The molecule has 3 rings (SSSR count). The van der Waals surface area contributed by atoms with E-state index in [-0.39, 0.29) is 11.9 Å². The summed E-state index contributed by atoms with van der Waals surface area (Å²) in [5, 5.41) is 9.32. The molecule has 0 fully saturated rings. The SMILES string of the molecule is CCCNC(=O)NC(=O)C[NH+]1CCc2sccc2[C@H]1c1cccs1. The van der Waals surface area contributed by atoms with E-state index >= 15 is 0 Å². The number of urea groups is 1. The predicted octanol–water partition coefficient (Wildman–Crippen LogP) is 1.58. The van der Waals surface area contributed by atoms with E-state index < -0.39 is 6.03 Å². The van der Waals surface area contributed by atoms with Crippen LogP contribution in [0.25, 0.3) is 0 Å². The first kappa shape index (κ1) is 17.1. The standard InChI is InChI=1S/C17H21N3O2S2/c1-2-7-18-17(22)19-15(21)11-20-8-5-13-12(6-10-24-13)16(20)14-4-3-9-23-14/h3-4,6,9-10,16H,2,5,7-8,11H2,1H3,(H2,18,19,21,22)/p+1/t16-/m0/s1. The van der Waals surface area contributed by atoms with E-state index in [1.54, 1.807) is 22.7 Å². The maximum Gasteiger partial charge on any atom is 0.321 e. The van der Waals surface area contributed by atoms with Crippen molar-refractivity contribution < 1.29 is 14.5 Å². The van der Waals surface area contributed by atoms with Crippen LogP contribution in [-0.4, -0.2) is 31.6 Å². The normalized spacial score (nSPS) is 19.5. The maximum absolute atomic E-state index is 12.3. The van der Waals surface area contributed by atoms with Crippen molar-refractivity contribution in [3.63, 3.8) is 0 Å². The molecule has 0 aliphatic carbocycles. The Morgan fingerprint density at radius 2 is 2.17 bits per heavy atom. The summed E-state index contributed by atoms with van der Waals surface area (Å²) in [4.78, 5) is 27.8. The number of rotatable bonds is 5. The molecule has 2 aromatic rings. The van der Waals surface area contributed by atoms with Gasteiger partial charge in [0.25, 0.3) is 5.91 Å². The molecule has 0 radical (unpaired) electrons. The average Bonchev–Trinajstić information content (AvgIpc) is 3.23. The summed E-state index contributed by atoms with van der Waals surface area (Å²) < 4.78 is 0. The molecular formula is C17H22N3O2S2+. The molecule has 3 heterocycles. The Labute approximate surface area is 149 Å². The van der Waals surface area contributed by atoms with Crippen molar-refractivity contribution in [2.24, 2.45) is 0 Å². The van der Waals surface area contributed by atoms with E-state index in [1.165, 1.54) is 20.2 Å². The monoisotopic (exact) mass is 364 g/mol. The first-order valence-corrected chi connectivity index (χ1v) is 9.97. The zero-order valence-corrected chi connectivity index (χ0v) is 15.3. The lowest BCUT2D eigenvalue weighted by Crippen LogP contribution is -3.14. The molecule has 0 aromatic carbocycles. The van der Waals surface area contributed by atoms with Gasteiger partial charge in [-0.15, -0.1) is 22.7 Å². The summed E-state index contributed by atoms with van der Waals surface area (Å²) in [5.41, 5.74) is 1.33. The number of fused-ring (bicyclic) bond motifs is 1. The minimum atomic E-state index is -0.401. The third kappa shape index (κ3) is 3.85. The lowest BCUT2D eigenvalue weighted by atomic mass is 9.98. The molecule has 3 amide bonds. The summed E-state index contributed by atoms with van der Waals surface area (Å²) in [6.07, 6.45) is 1.83. The van der Waals surface area contributed by atoms with E-state index in [9.17, 15) is 9.59 Å². The van der Waals surface area contributed by atoms with Crippen LogP contribution in [0.3, 0.4) is 0 Å². The van der Waals surface area contributed by atoms with Gasteiger partial charge in [-0.25, -0.2) is 4.79 Å². The molecule has 3 N–H and O–H groups in total. The van der Waals surface area contributed by atoms with Gasteiger partial charge in [-0.05, 0) is 29.3 Å². The first-order chi connectivity index (χ1) is 11.7. The van der Waals surface area contributed by atoms with Crippen molar-refractivity contribution in [1.82, 2.24) is 10.6 Å². The Balaban J connectivity index is 1.70. The zero-order valence-electron chi connectivity index (χ0n) is 13.6. The molecule has 7 heteroatoms. The van der Waals surface area contributed by atoms with Gasteiger partial charge in [-0.1, -0.05) is 13.0 Å². The Hall–Kier alpha value is -1.70. The van der Waals surface area contributed by atoms with E-state index in [2.05, 4.69) is 39.6 Å². The number of amides is 3. The van der Waals surface area contributed by atoms with Gasteiger partial charge in [0.2, 0.25) is 0 Å². The van der Waals surface area contributed by atoms with Crippen molar-refractivity contribution in [2.75, 3.05) is 19.6 Å². The van der Waals surface area contributed by atoms with Crippen molar-refractivity contribution in [2.45, 2.75) is 25.8 Å². The molecule has 1 aliphatic rings. The fraction of sp³-hybridized carbons (Fsp3) is 0.412. The minimum Gasteiger partial charge on any atom is -0.338 e. The summed E-state index contributed by atoms with van der Waals surface area (Å²) in [7, 11) is 0. The summed E-state index contributed by atoms with van der Waals surface area (Å²) in [5.74, 6) is -0.223. The second-order valence-electron chi connectivity index (χ2n) is 5.89. The molecule has 0 saturated heterocycles. The zero-order chi connectivity index (χ0) is 16.9. The molecule has 2 aromatic heterocycles. The van der Waals surface area contributed by atoms with E-state index in [0.29, 0.717) is 13.1 Å². The first-order valence-electron chi connectivity index (χ1n) is 8.21. The van der Waals surface area contributed by atoms with Gasteiger partial charge in [0.15, 0.2) is 6.54 Å². The molecule has 128 valence electrons. The molecular weight excluding hydrogens is 342 g/mol. The summed E-state index contributed by atoms with van der Waals surface area (Å²) in [6.45, 7) is 3.76. The molecule has 2 atom stereocenters. The molecule has 1 aliphatic heterocycles. The number of hydrogen-bond donors (Lipinski definition) is 3. The van der Waals surface area contributed by atoms with Gasteiger partial charge < -0.3 is 10.2 Å². The third-order valence-corrected chi connectivity index (χ3v) is 6.11. The smallest absolute Gasteiger partial charge is 0.321 e. The maximum atomic E-state index is 12.3. The van der Waals surface area contributed by atoms with Crippen LogP contribution in [0.4, 0.5) is 4.79 Å². The highest BCUT2D eigenvalue weighted by atomic mass is 32.1. The fourth-order valence-corrected chi connectivity index (χ4v) is 4.93. The number of hydrogen-bond acceptors (Lipinski definition) is 4. The summed E-state index contributed by atoms with van der Waals surface area (Å²) >= 11 is 3.52. The number of carbonyl (C=O) groups is 2. The second-order valence-corrected chi connectivity index (χ2v) is 7.87. The second kappa shape index (κ2) is 7.92. The quantitative estimate of drug-likeness (QED) is 0.754. The molecule has 0 saturated carbocycles. The number of nitrogens with one attached hydrogen (secondary N) is 3.